The number of carbonyl (C=O) groups excluding carboxylic acids is 1. The number of hydrogen-bond acceptors (Lipinski definition) is 3. The first kappa shape index (κ1) is 15.8. The minimum Gasteiger partial charge on any atom is -0.346 e. The van der Waals surface area contributed by atoms with Gasteiger partial charge < -0.3 is 10.6 Å². The van der Waals surface area contributed by atoms with Gasteiger partial charge in [-0.2, -0.15) is 0 Å². The van der Waals surface area contributed by atoms with Crippen LogP contribution in [0.3, 0.4) is 0 Å². The van der Waals surface area contributed by atoms with Crippen LogP contribution in [0.2, 0.25) is 0 Å². The Hall–Kier alpha value is -1.27. The average Bonchev–Trinajstić information content (AvgIpc) is 2.41. The van der Waals surface area contributed by atoms with E-state index in [-0.39, 0.29) is 18.1 Å². The summed E-state index contributed by atoms with van der Waals surface area (Å²) in [5, 5.41) is 0. The highest BCUT2D eigenvalue weighted by atomic mass is 32.2. The maximum Gasteiger partial charge on any atom is 0.223 e. The Labute approximate surface area is 115 Å². The zero-order valence-electron chi connectivity index (χ0n) is 11.0. The van der Waals surface area contributed by atoms with Gasteiger partial charge in [-0.3, -0.25) is 9.00 Å². The van der Waals surface area contributed by atoms with Crippen LogP contribution in [-0.4, -0.2) is 40.9 Å². The minimum absolute atomic E-state index is 0.0711. The molecule has 0 fully saturated rings. The third kappa shape index (κ3) is 5.48. The summed E-state index contributed by atoms with van der Waals surface area (Å²) in [6.45, 7) is 1.13. The first-order chi connectivity index (χ1) is 9.04. The molecule has 4 nitrogen and oxygen atoms in total. The van der Waals surface area contributed by atoms with E-state index in [0.29, 0.717) is 18.0 Å². The lowest BCUT2D eigenvalue weighted by atomic mass is 10.3. The topological polar surface area (TPSA) is 63.4 Å². The second-order valence-electron chi connectivity index (χ2n) is 4.21. The Morgan fingerprint density at radius 2 is 2.21 bits per heavy atom. The fraction of sp³-hybridized carbons (Fsp3) is 0.462. The molecule has 0 saturated carbocycles. The molecule has 0 bridgehead atoms. The van der Waals surface area contributed by atoms with E-state index in [0.717, 1.165) is 6.42 Å². The first-order valence-corrected chi connectivity index (χ1v) is 7.44. The molecule has 0 saturated heterocycles. The van der Waals surface area contributed by atoms with Gasteiger partial charge in [-0.25, -0.2) is 4.39 Å². The SMILES string of the molecule is CN(CCCN)C(=O)CCS(=O)c1cccc(F)c1. The molecule has 1 amide bonds. The lowest BCUT2D eigenvalue weighted by Gasteiger charge is -2.16. The molecular formula is C13H19FN2O2S. The van der Waals surface area contributed by atoms with Crippen molar-refractivity contribution in [1.29, 1.82) is 0 Å². The molecule has 6 heteroatoms. The molecule has 19 heavy (non-hydrogen) atoms. The number of benzene rings is 1. The third-order valence-corrected chi connectivity index (χ3v) is 4.04. The molecule has 0 aliphatic rings. The van der Waals surface area contributed by atoms with E-state index < -0.39 is 16.6 Å². The Bertz CT molecular complexity index is 454. The summed E-state index contributed by atoms with van der Waals surface area (Å²) in [7, 11) is 0.349. The highest BCUT2D eigenvalue weighted by Gasteiger charge is 2.11. The summed E-state index contributed by atoms with van der Waals surface area (Å²) in [6.07, 6.45) is 0.930. The van der Waals surface area contributed by atoms with Gasteiger partial charge in [-0.1, -0.05) is 6.07 Å². The van der Waals surface area contributed by atoms with Gasteiger partial charge in [0, 0.05) is 30.7 Å². The molecule has 0 aliphatic carbocycles. The first-order valence-electron chi connectivity index (χ1n) is 6.12. The van der Waals surface area contributed by atoms with Crippen molar-refractivity contribution in [2.75, 3.05) is 25.9 Å². The van der Waals surface area contributed by atoms with Crippen LogP contribution >= 0.6 is 0 Å². The molecule has 2 N–H and O–H groups in total. The van der Waals surface area contributed by atoms with Gasteiger partial charge in [-0.15, -0.1) is 0 Å². The number of nitrogens with two attached hydrogens (primary N) is 1. The fourth-order valence-corrected chi connectivity index (χ4v) is 2.62. The molecule has 106 valence electrons. The van der Waals surface area contributed by atoms with Gasteiger partial charge in [-0.05, 0) is 31.2 Å². The number of carbonyl (C=O) groups is 1. The Kier molecular flexibility index (Phi) is 6.66. The van der Waals surface area contributed by atoms with Crippen molar-refractivity contribution >= 4 is 16.7 Å². The van der Waals surface area contributed by atoms with Crippen molar-refractivity contribution in [3.63, 3.8) is 0 Å². The van der Waals surface area contributed by atoms with Crippen LogP contribution in [0.5, 0.6) is 0 Å². The van der Waals surface area contributed by atoms with Gasteiger partial charge >= 0.3 is 0 Å². The zero-order valence-corrected chi connectivity index (χ0v) is 11.8. The molecule has 0 radical (unpaired) electrons. The zero-order chi connectivity index (χ0) is 14.3. The molecule has 0 spiro atoms. The molecular weight excluding hydrogens is 267 g/mol. The molecule has 0 aliphatic heterocycles. The summed E-state index contributed by atoms with van der Waals surface area (Å²) in [5.74, 6) is -0.287. The Balaban J connectivity index is 2.44. The maximum absolute atomic E-state index is 13.0. The fourth-order valence-electron chi connectivity index (χ4n) is 1.55. The molecule has 0 heterocycles. The van der Waals surface area contributed by atoms with Crippen molar-refractivity contribution in [3.05, 3.63) is 30.1 Å². The second kappa shape index (κ2) is 8.01. The van der Waals surface area contributed by atoms with Crippen molar-refractivity contribution in [3.8, 4) is 0 Å². The molecule has 1 atom stereocenters. The van der Waals surface area contributed by atoms with E-state index in [4.69, 9.17) is 5.73 Å². The second-order valence-corrected chi connectivity index (χ2v) is 5.79. The quantitative estimate of drug-likeness (QED) is 0.817. The van der Waals surface area contributed by atoms with Crippen LogP contribution in [-0.2, 0) is 15.6 Å². The highest BCUT2D eigenvalue weighted by Crippen LogP contribution is 2.10. The number of hydrogen-bond donors (Lipinski definition) is 1. The molecule has 0 aromatic heterocycles. The van der Waals surface area contributed by atoms with Gasteiger partial charge in [0.15, 0.2) is 0 Å². The van der Waals surface area contributed by atoms with E-state index in [1.54, 1.807) is 18.0 Å². The largest absolute Gasteiger partial charge is 0.346 e. The Morgan fingerprint density at radius 3 is 2.84 bits per heavy atom. The smallest absolute Gasteiger partial charge is 0.223 e. The van der Waals surface area contributed by atoms with Crippen LogP contribution < -0.4 is 5.73 Å². The van der Waals surface area contributed by atoms with Crippen LogP contribution in [0.15, 0.2) is 29.2 Å². The van der Waals surface area contributed by atoms with Crippen molar-refractivity contribution in [1.82, 2.24) is 4.90 Å². The number of halogens is 1. The van der Waals surface area contributed by atoms with Crippen LogP contribution in [0.1, 0.15) is 12.8 Å². The van der Waals surface area contributed by atoms with E-state index >= 15 is 0 Å². The molecule has 1 aromatic rings. The van der Waals surface area contributed by atoms with E-state index in [1.807, 2.05) is 0 Å². The standard InChI is InChI=1S/C13H19FN2O2S/c1-16(8-3-7-15)13(17)6-9-19(18)12-5-2-4-11(14)10-12/h2,4-5,10H,3,6-9,15H2,1H3. The summed E-state index contributed by atoms with van der Waals surface area (Å²) in [4.78, 5) is 13.7. The van der Waals surface area contributed by atoms with Gasteiger partial charge in [0.2, 0.25) is 5.91 Å². The summed E-state index contributed by atoms with van der Waals surface area (Å²) >= 11 is 0. The average molecular weight is 286 g/mol. The van der Waals surface area contributed by atoms with E-state index in [2.05, 4.69) is 0 Å². The van der Waals surface area contributed by atoms with Gasteiger partial charge in [0.05, 0.1) is 10.8 Å². The molecule has 1 rings (SSSR count). The highest BCUT2D eigenvalue weighted by molar-refractivity contribution is 7.85. The predicted molar refractivity (Wildman–Crippen MR) is 73.6 cm³/mol. The summed E-state index contributed by atoms with van der Waals surface area (Å²) < 4.78 is 24.9. The maximum atomic E-state index is 13.0. The monoisotopic (exact) mass is 286 g/mol. The molecule has 1 unspecified atom stereocenters. The molecule has 1 aromatic carbocycles. The summed E-state index contributed by atoms with van der Waals surface area (Å²) in [6, 6.07) is 5.64. The van der Waals surface area contributed by atoms with Gasteiger partial charge in [0.25, 0.3) is 0 Å². The Morgan fingerprint density at radius 1 is 1.47 bits per heavy atom. The van der Waals surface area contributed by atoms with Crippen LogP contribution in [0.4, 0.5) is 4.39 Å². The number of nitrogens with zero attached hydrogens (tertiary/aromatic N) is 1. The van der Waals surface area contributed by atoms with Gasteiger partial charge in [0.1, 0.15) is 5.82 Å². The van der Waals surface area contributed by atoms with E-state index in [1.165, 1.54) is 18.2 Å². The normalized spacial score (nSPS) is 12.2. The van der Waals surface area contributed by atoms with E-state index in [9.17, 15) is 13.4 Å². The van der Waals surface area contributed by atoms with Crippen molar-refractivity contribution < 1.29 is 13.4 Å². The number of amides is 1. The van der Waals surface area contributed by atoms with Crippen molar-refractivity contribution in [2.24, 2.45) is 5.73 Å². The summed E-state index contributed by atoms with van der Waals surface area (Å²) in [5.41, 5.74) is 5.37. The van der Waals surface area contributed by atoms with Crippen molar-refractivity contribution in [2.45, 2.75) is 17.7 Å². The van der Waals surface area contributed by atoms with Crippen LogP contribution in [0.25, 0.3) is 0 Å². The third-order valence-electron chi connectivity index (χ3n) is 2.68. The number of rotatable bonds is 7. The minimum atomic E-state index is -1.35. The predicted octanol–water partition coefficient (Wildman–Crippen LogP) is 1.13. The lowest BCUT2D eigenvalue weighted by Crippen LogP contribution is -2.29. The van der Waals surface area contributed by atoms with Crippen LogP contribution in [0, 0.1) is 5.82 Å². The lowest BCUT2D eigenvalue weighted by molar-refractivity contribution is -0.129.